The molecule has 1 fully saturated rings. The Bertz CT molecular complexity index is 2940. The van der Waals surface area contributed by atoms with Crippen molar-refractivity contribution >= 4 is 50.2 Å². The number of aromatic nitrogens is 5. The number of alkyl halides is 5. The van der Waals surface area contributed by atoms with Gasteiger partial charge < -0.3 is 10.2 Å². The van der Waals surface area contributed by atoms with Crippen molar-refractivity contribution in [3.8, 4) is 34.8 Å². The fraction of sp³-hybridized carbons (Fsp3) is 0.341. The number of nitrogens with one attached hydrogen (secondary N) is 2. The SMILES string of the molecule is CC(=O)N1CCCC1C#Cc1ccc(-c2ccc(Cl)c3c(NS(C)(=O)=O)nn(C)c23)c([C@H](Cc2cc(F)cc(F)c2)NC(=O)Cn2nc(C(F)(F)F)c3c2C(F)(F)[C@@H]2C#C[C@H]32)n1. The normalized spacial score (nSPS) is 19.1. The van der Waals surface area contributed by atoms with Crippen LogP contribution in [-0.4, -0.2) is 68.5 Å². The highest BCUT2D eigenvalue weighted by Gasteiger charge is 2.62. The zero-order valence-corrected chi connectivity index (χ0v) is 34.2. The zero-order chi connectivity index (χ0) is 44.6. The molecule has 62 heavy (non-hydrogen) atoms. The molecular weight excluding hydrogens is 869 g/mol. The van der Waals surface area contributed by atoms with Gasteiger partial charge in [0.2, 0.25) is 21.8 Å². The van der Waals surface area contributed by atoms with Crippen LogP contribution in [0.5, 0.6) is 0 Å². The molecule has 3 aromatic heterocycles. The number of halogens is 8. The Kier molecular flexibility index (Phi) is 10.5. The molecule has 0 saturated carbocycles. The maximum atomic E-state index is 15.6. The minimum atomic E-state index is -5.16. The number of amides is 2. The topological polar surface area (TPSA) is 144 Å². The van der Waals surface area contributed by atoms with E-state index in [1.807, 2.05) is 0 Å². The van der Waals surface area contributed by atoms with Gasteiger partial charge in [0.25, 0.3) is 0 Å². The summed E-state index contributed by atoms with van der Waals surface area (Å²) in [5.41, 5.74) is -2.65. The number of sulfonamides is 1. The number of rotatable bonds is 9. The summed E-state index contributed by atoms with van der Waals surface area (Å²) < 4.78 is 132. The summed E-state index contributed by atoms with van der Waals surface area (Å²) in [7, 11) is -2.37. The van der Waals surface area contributed by atoms with Gasteiger partial charge in [0.15, 0.2) is 11.5 Å². The fourth-order valence-corrected chi connectivity index (χ4v) is 9.01. The Hall–Kier alpha value is -6.12. The van der Waals surface area contributed by atoms with Gasteiger partial charge in [-0.2, -0.15) is 32.1 Å². The molecule has 322 valence electrons. The lowest BCUT2D eigenvalue weighted by Crippen LogP contribution is -2.36. The summed E-state index contributed by atoms with van der Waals surface area (Å²) >= 11 is 6.61. The number of benzene rings is 2. The molecule has 5 aromatic rings. The number of anilines is 1. The van der Waals surface area contributed by atoms with E-state index in [1.54, 1.807) is 17.0 Å². The third-order valence-electron chi connectivity index (χ3n) is 10.8. The van der Waals surface area contributed by atoms with Gasteiger partial charge in [-0.1, -0.05) is 35.4 Å². The number of nitrogens with zero attached hydrogens (tertiary/aromatic N) is 6. The molecule has 4 atom stereocenters. The van der Waals surface area contributed by atoms with Gasteiger partial charge in [0.1, 0.15) is 35.5 Å². The first-order valence-corrected chi connectivity index (χ1v) is 21.1. The van der Waals surface area contributed by atoms with Gasteiger partial charge in [0.05, 0.1) is 45.9 Å². The number of hydrogen-bond donors (Lipinski definition) is 2. The lowest BCUT2D eigenvalue weighted by atomic mass is 9.84. The largest absolute Gasteiger partial charge is 0.435 e. The molecule has 4 heterocycles. The van der Waals surface area contributed by atoms with Crippen LogP contribution < -0.4 is 10.0 Å². The second-order valence-corrected chi connectivity index (χ2v) is 17.3. The Labute approximate surface area is 353 Å². The average Bonchev–Trinajstić information content (AvgIpc) is 3.88. The van der Waals surface area contributed by atoms with Crippen LogP contribution in [0.15, 0.2) is 42.5 Å². The van der Waals surface area contributed by atoms with Crippen LogP contribution in [0, 0.1) is 41.2 Å². The Morgan fingerprint density at radius 2 is 1.77 bits per heavy atom. The van der Waals surface area contributed by atoms with Crippen molar-refractivity contribution in [3.05, 3.63) is 93.0 Å². The second-order valence-electron chi connectivity index (χ2n) is 15.2. The summed E-state index contributed by atoms with van der Waals surface area (Å²) in [6, 6.07) is 6.80. The first kappa shape index (κ1) is 42.6. The highest BCUT2D eigenvalue weighted by atomic mass is 35.5. The molecule has 2 N–H and O–H groups in total. The van der Waals surface area contributed by atoms with E-state index < -0.39 is 93.5 Å². The van der Waals surface area contributed by atoms with Crippen LogP contribution in [0.25, 0.3) is 22.0 Å². The predicted octanol–water partition coefficient (Wildman–Crippen LogP) is 6.44. The van der Waals surface area contributed by atoms with E-state index in [-0.39, 0.29) is 50.2 Å². The monoisotopic (exact) mass is 900 g/mol. The average molecular weight is 901 g/mol. The molecule has 2 aromatic carbocycles. The van der Waals surface area contributed by atoms with Crippen LogP contribution in [-0.2, 0) is 51.7 Å². The quantitative estimate of drug-likeness (QED) is 0.128. The number of hydrogen-bond acceptors (Lipinski definition) is 7. The molecule has 2 amide bonds. The lowest BCUT2D eigenvalue weighted by molar-refractivity contribution is -0.142. The summed E-state index contributed by atoms with van der Waals surface area (Å²) in [6.45, 7) is 0.755. The molecule has 1 saturated heterocycles. The standard InChI is InChI=1S/C41H32ClF7N8O4S/c1-20(58)56-14-4-5-25(56)8-6-24-7-9-26(27-11-13-30(42)34-36(27)55(2)53-39(34)54-62(3,60)61)35(50-24)31(17-21-15-22(43)18-23(44)16-21)51-32(59)19-57-38-33(37(52-57)41(47,48)49)28-10-12-29(28)40(38,45)46/h7,9,11,13,15-16,18,25,28-29,31H,4-5,14,17,19H2,1-3H3,(H,51,59)(H,53,54)/t25?,28-,29+,31-/m0/s1. The first-order valence-electron chi connectivity index (χ1n) is 18.9. The summed E-state index contributed by atoms with van der Waals surface area (Å²) in [4.78, 5) is 32.7. The van der Waals surface area contributed by atoms with Crippen molar-refractivity contribution in [2.45, 2.75) is 62.8 Å². The van der Waals surface area contributed by atoms with Crippen molar-refractivity contribution in [1.82, 2.24) is 34.8 Å². The molecule has 1 aliphatic heterocycles. The highest BCUT2D eigenvalue weighted by Crippen LogP contribution is 2.58. The van der Waals surface area contributed by atoms with Gasteiger partial charge in [-0.05, 0) is 61.1 Å². The van der Waals surface area contributed by atoms with Crippen molar-refractivity contribution < 1.29 is 48.7 Å². The summed E-state index contributed by atoms with van der Waals surface area (Å²) in [5, 5.41) is 10.6. The Balaban J connectivity index is 1.28. The molecule has 21 heteroatoms. The maximum Gasteiger partial charge on any atom is 0.435 e. The maximum absolute atomic E-state index is 15.6. The summed E-state index contributed by atoms with van der Waals surface area (Å²) in [5.74, 6) is 0.122. The van der Waals surface area contributed by atoms with Gasteiger partial charge in [-0.25, -0.2) is 22.2 Å². The van der Waals surface area contributed by atoms with E-state index in [4.69, 9.17) is 16.6 Å². The third-order valence-corrected chi connectivity index (χ3v) is 11.7. The van der Waals surface area contributed by atoms with Gasteiger partial charge in [-0.15, -0.1) is 0 Å². The van der Waals surface area contributed by atoms with E-state index in [0.29, 0.717) is 35.7 Å². The molecule has 2 aliphatic carbocycles. The van der Waals surface area contributed by atoms with E-state index in [1.165, 1.54) is 30.8 Å². The number of pyridine rings is 1. The van der Waals surface area contributed by atoms with Crippen LogP contribution in [0.4, 0.5) is 36.6 Å². The minimum absolute atomic E-state index is 0.0129. The molecule has 0 bridgehead atoms. The number of fused-ring (bicyclic) bond motifs is 4. The smallest absolute Gasteiger partial charge is 0.346 e. The fourth-order valence-electron chi connectivity index (χ4n) is 8.27. The number of aryl methyl sites for hydroxylation is 1. The van der Waals surface area contributed by atoms with Crippen molar-refractivity contribution in [2.75, 3.05) is 17.5 Å². The van der Waals surface area contributed by atoms with E-state index >= 15 is 8.78 Å². The van der Waals surface area contributed by atoms with Gasteiger partial charge >= 0.3 is 12.1 Å². The Morgan fingerprint density at radius 3 is 2.42 bits per heavy atom. The van der Waals surface area contributed by atoms with Crippen LogP contribution in [0.3, 0.4) is 0 Å². The predicted molar refractivity (Wildman–Crippen MR) is 211 cm³/mol. The molecule has 1 unspecified atom stereocenters. The van der Waals surface area contributed by atoms with E-state index in [0.717, 1.165) is 18.4 Å². The van der Waals surface area contributed by atoms with Crippen molar-refractivity contribution in [2.24, 2.45) is 13.0 Å². The highest BCUT2D eigenvalue weighted by molar-refractivity contribution is 7.92. The van der Waals surface area contributed by atoms with Gasteiger partial charge in [-0.3, -0.25) is 23.7 Å². The molecule has 8 rings (SSSR count). The third kappa shape index (κ3) is 7.81. The lowest BCUT2D eigenvalue weighted by Gasteiger charge is -2.24. The molecule has 0 spiro atoms. The zero-order valence-electron chi connectivity index (χ0n) is 32.6. The first-order chi connectivity index (χ1) is 29.1. The molecule has 3 aliphatic rings. The second kappa shape index (κ2) is 15.3. The van der Waals surface area contributed by atoms with Crippen molar-refractivity contribution in [3.63, 3.8) is 0 Å². The number of carbonyl (C=O) groups excluding carboxylic acids is 2. The van der Waals surface area contributed by atoms with Crippen LogP contribution in [0.1, 0.15) is 65.6 Å². The number of carbonyl (C=O) groups is 2. The summed E-state index contributed by atoms with van der Waals surface area (Å²) in [6.07, 6.45) is -3.39. The van der Waals surface area contributed by atoms with Crippen molar-refractivity contribution in [1.29, 1.82) is 0 Å². The number of likely N-dealkylation sites (tertiary alicyclic amines) is 1. The minimum Gasteiger partial charge on any atom is -0.346 e. The molecule has 0 radical (unpaired) electrons. The van der Waals surface area contributed by atoms with Gasteiger partial charge in [0, 0.05) is 43.3 Å². The molecular formula is C41H32ClF7N8O4S. The van der Waals surface area contributed by atoms with E-state index in [2.05, 4.69) is 43.9 Å². The van der Waals surface area contributed by atoms with Crippen LogP contribution in [0.2, 0.25) is 5.02 Å². The molecule has 12 nitrogen and oxygen atoms in total. The Morgan fingerprint density at radius 1 is 1.06 bits per heavy atom. The van der Waals surface area contributed by atoms with E-state index in [9.17, 15) is 40.0 Å². The van der Waals surface area contributed by atoms with Crippen LogP contribution >= 0.6 is 11.6 Å².